The average Bonchev–Trinajstić information content (AvgIpc) is 2.47. The molecule has 0 aromatic heterocycles. The average molecular weight is 360 g/mol. The van der Waals surface area contributed by atoms with Crippen LogP contribution < -0.4 is 5.32 Å². The normalized spacial score (nSPS) is 15.3. The molecule has 1 aliphatic rings. The minimum absolute atomic E-state index is 0.145. The van der Waals surface area contributed by atoms with Gasteiger partial charge in [-0.3, -0.25) is 9.69 Å². The number of anilines is 1. The lowest BCUT2D eigenvalue weighted by atomic mass is 10.3. The Kier molecular flexibility index (Phi) is 6.50. The van der Waals surface area contributed by atoms with Gasteiger partial charge in [-0.05, 0) is 25.1 Å². The topological polar surface area (TPSA) is 61.9 Å². The number of nitrogens with zero attached hydrogens (tertiary/aromatic N) is 2. The molecule has 0 unspecified atom stereocenters. The molecule has 1 N–H and O–H groups in total. The van der Waals surface area contributed by atoms with Gasteiger partial charge in [-0.15, -0.1) is 0 Å². The smallest absolute Gasteiger partial charge is 0.409 e. The van der Waals surface area contributed by atoms with Crippen LogP contribution in [-0.2, 0) is 9.53 Å². The van der Waals surface area contributed by atoms with Gasteiger partial charge < -0.3 is 15.0 Å². The van der Waals surface area contributed by atoms with Crippen LogP contribution in [0.15, 0.2) is 18.2 Å². The number of hydrogen-bond acceptors (Lipinski definition) is 4. The number of nitrogens with one attached hydrogen (secondary N) is 1. The van der Waals surface area contributed by atoms with E-state index in [0.717, 1.165) is 0 Å². The second kappa shape index (κ2) is 8.38. The van der Waals surface area contributed by atoms with E-state index in [9.17, 15) is 9.59 Å². The molecule has 1 aliphatic heterocycles. The van der Waals surface area contributed by atoms with E-state index in [1.54, 1.807) is 30.0 Å². The Hall–Kier alpha value is -1.50. The van der Waals surface area contributed by atoms with Crippen molar-refractivity contribution in [2.45, 2.75) is 6.92 Å². The van der Waals surface area contributed by atoms with E-state index in [1.807, 2.05) is 4.90 Å². The minimum Gasteiger partial charge on any atom is -0.450 e. The third kappa shape index (κ3) is 5.57. The number of carbonyl (C=O) groups is 2. The maximum Gasteiger partial charge on any atom is 0.409 e. The molecule has 0 spiro atoms. The lowest BCUT2D eigenvalue weighted by Gasteiger charge is -2.33. The minimum atomic E-state index is -0.301. The van der Waals surface area contributed by atoms with Gasteiger partial charge in [0, 0.05) is 41.9 Å². The molecule has 1 aromatic carbocycles. The van der Waals surface area contributed by atoms with Gasteiger partial charge >= 0.3 is 6.09 Å². The highest BCUT2D eigenvalue weighted by Crippen LogP contribution is 2.22. The molecule has 8 heteroatoms. The molecular formula is C15H19Cl2N3O3. The first-order valence-electron chi connectivity index (χ1n) is 7.38. The van der Waals surface area contributed by atoms with Crippen LogP contribution in [0.5, 0.6) is 0 Å². The maximum absolute atomic E-state index is 12.1. The number of carbonyl (C=O) groups excluding carboxylic acids is 2. The molecular weight excluding hydrogens is 341 g/mol. The molecule has 1 saturated heterocycles. The van der Waals surface area contributed by atoms with E-state index >= 15 is 0 Å². The summed E-state index contributed by atoms with van der Waals surface area (Å²) in [4.78, 5) is 27.3. The molecule has 2 amide bonds. The van der Waals surface area contributed by atoms with Crippen LogP contribution in [0.3, 0.4) is 0 Å². The zero-order valence-electron chi connectivity index (χ0n) is 12.8. The van der Waals surface area contributed by atoms with Crippen LogP contribution in [0.25, 0.3) is 0 Å². The molecule has 0 radical (unpaired) electrons. The number of rotatable bonds is 4. The lowest BCUT2D eigenvalue weighted by Crippen LogP contribution is -2.50. The van der Waals surface area contributed by atoms with Crippen molar-refractivity contribution < 1.29 is 14.3 Å². The van der Waals surface area contributed by atoms with Gasteiger partial charge in [0.15, 0.2) is 0 Å². The summed E-state index contributed by atoms with van der Waals surface area (Å²) in [6, 6.07) is 4.89. The third-order valence-corrected chi connectivity index (χ3v) is 3.85. The van der Waals surface area contributed by atoms with Gasteiger partial charge in [-0.1, -0.05) is 23.2 Å². The second-order valence-electron chi connectivity index (χ2n) is 5.17. The molecule has 0 bridgehead atoms. The summed E-state index contributed by atoms with van der Waals surface area (Å²) in [5.74, 6) is -0.145. The first-order chi connectivity index (χ1) is 11.0. The Labute approximate surface area is 145 Å². The predicted molar refractivity (Wildman–Crippen MR) is 90.1 cm³/mol. The first-order valence-corrected chi connectivity index (χ1v) is 8.13. The number of halogens is 2. The zero-order valence-corrected chi connectivity index (χ0v) is 14.4. The summed E-state index contributed by atoms with van der Waals surface area (Å²) in [5, 5.41) is 3.71. The fourth-order valence-electron chi connectivity index (χ4n) is 2.33. The highest BCUT2D eigenvalue weighted by molar-refractivity contribution is 6.35. The molecule has 1 aromatic rings. The van der Waals surface area contributed by atoms with Crippen LogP contribution in [0.2, 0.25) is 10.0 Å². The third-order valence-electron chi connectivity index (χ3n) is 3.41. The molecule has 0 aliphatic carbocycles. The van der Waals surface area contributed by atoms with Crippen molar-refractivity contribution in [1.29, 1.82) is 0 Å². The number of piperazine rings is 1. The Morgan fingerprint density at radius 1 is 1.13 bits per heavy atom. The Balaban J connectivity index is 1.79. The van der Waals surface area contributed by atoms with Gasteiger partial charge in [-0.2, -0.15) is 0 Å². The fraction of sp³-hybridized carbons (Fsp3) is 0.467. The van der Waals surface area contributed by atoms with Gasteiger partial charge in [0.1, 0.15) is 0 Å². The molecule has 23 heavy (non-hydrogen) atoms. The molecule has 2 rings (SSSR count). The van der Waals surface area contributed by atoms with Crippen molar-refractivity contribution in [2.75, 3.05) is 44.6 Å². The maximum atomic E-state index is 12.1. The predicted octanol–water partition coefficient (Wildman–Crippen LogP) is 2.71. The van der Waals surface area contributed by atoms with E-state index in [1.165, 1.54) is 0 Å². The Morgan fingerprint density at radius 2 is 1.74 bits per heavy atom. The largest absolute Gasteiger partial charge is 0.450 e. The van der Waals surface area contributed by atoms with Gasteiger partial charge in [-0.25, -0.2) is 4.79 Å². The molecule has 6 nitrogen and oxygen atoms in total. The number of ether oxygens (including phenoxy) is 1. The lowest BCUT2D eigenvalue weighted by molar-refractivity contribution is -0.117. The fourth-order valence-corrected chi connectivity index (χ4v) is 2.86. The summed E-state index contributed by atoms with van der Waals surface area (Å²) < 4.78 is 4.96. The van der Waals surface area contributed by atoms with Gasteiger partial charge in [0.2, 0.25) is 5.91 Å². The van der Waals surface area contributed by atoms with Crippen molar-refractivity contribution >= 4 is 40.9 Å². The highest BCUT2D eigenvalue weighted by Gasteiger charge is 2.23. The summed E-state index contributed by atoms with van der Waals surface area (Å²) in [6.07, 6.45) is -0.301. The van der Waals surface area contributed by atoms with Crippen LogP contribution in [0, 0.1) is 0 Å². The summed E-state index contributed by atoms with van der Waals surface area (Å²) in [5.41, 5.74) is 0.567. The quantitative estimate of drug-likeness (QED) is 0.897. The summed E-state index contributed by atoms with van der Waals surface area (Å²) >= 11 is 11.8. The standard InChI is InChI=1S/C15H19Cl2N3O3/c1-2-23-15(22)20-5-3-19(4-6-20)10-14(21)18-13-8-11(16)7-12(17)9-13/h7-9H,2-6,10H2,1H3,(H,18,21). The van der Waals surface area contributed by atoms with Crippen molar-refractivity contribution in [3.63, 3.8) is 0 Å². The summed E-state index contributed by atoms with van der Waals surface area (Å²) in [7, 11) is 0. The highest BCUT2D eigenvalue weighted by atomic mass is 35.5. The number of benzene rings is 1. The van der Waals surface area contributed by atoms with E-state index < -0.39 is 0 Å². The Morgan fingerprint density at radius 3 is 2.30 bits per heavy atom. The van der Waals surface area contributed by atoms with Gasteiger partial charge in [0.05, 0.1) is 13.2 Å². The SMILES string of the molecule is CCOC(=O)N1CCN(CC(=O)Nc2cc(Cl)cc(Cl)c2)CC1. The van der Waals surface area contributed by atoms with Crippen molar-refractivity contribution in [3.8, 4) is 0 Å². The summed E-state index contributed by atoms with van der Waals surface area (Å²) in [6.45, 7) is 4.75. The van der Waals surface area contributed by atoms with Crippen LogP contribution in [-0.4, -0.2) is 61.1 Å². The number of amides is 2. The van der Waals surface area contributed by atoms with Crippen LogP contribution >= 0.6 is 23.2 Å². The van der Waals surface area contributed by atoms with E-state index in [4.69, 9.17) is 27.9 Å². The van der Waals surface area contributed by atoms with E-state index in [2.05, 4.69) is 5.32 Å². The molecule has 126 valence electrons. The van der Waals surface area contributed by atoms with Crippen LogP contribution in [0.4, 0.5) is 10.5 Å². The van der Waals surface area contributed by atoms with Gasteiger partial charge in [0.25, 0.3) is 0 Å². The molecule has 1 heterocycles. The monoisotopic (exact) mass is 359 g/mol. The molecule has 0 atom stereocenters. The van der Waals surface area contributed by atoms with E-state index in [-0.39, 0.29) is 18.5 Å². The molecule has 0 saturated carbocycles. The first kappa shape index (κ1) is 17.8. The Bertz CT molecular complexity index is 555. The van der Waals surface area contributed by atoms with Crippen molar-refractivity contribution in [3.05, 3.63) is 28.2 Å². The van der Waals surface area contributed by atoms with E-state index in [0.29, 0.717) is 48.5 Å². The second-order valence-corrected chi connectivity index (χ2v) is 6.04. The van der Waals surface area contributed by atoms with Crippen LogP contribution in [0.1, 0.15) is 6.92 Å². The molecule has 1 fully saturated rings. The van der Waals surface area contributed by atoms with Crippen molar-refractivity contribution in [1.82, 2.24) is 9.80 Å². The number of hydrogen-bond donors (Lipinski definition) is 1. The zero-order chi connectivity index (χ0) is 16.8. The van der Waals surface area contributed by atoms with Crippen molar-refractivity contribution in [2.24, 2.45) is 0 Å².